The summed E-state index contributed by atoms with van der Waals surface area (Å²) in [6.45, 7) is 8.09. The zero-order chi connectivity index (χ0) is 15.3. The Morgan fingerprint density at radius 3 is 2.45 bits per heavy atom. The van der Waals surface area contributed by atoms with Gasteiger partial charge in [0.15, 0.2) is 6.04 Å². The Hall–Kier alpha value is -1.34. The van der Waals surface area contributed by atoms with Gasteiger partial charge in [-0.05, 0) is 39.7 Å². The summed E-state index contributed by atoms with van der Waals surface area (Å²) < 4.78 is 0. The fourth-order valence-electron chi connectivity index (χ4n) is 2.32. The molecule has 7 heteroatoms. The Bertz CT molecular complexity index is 347. The third-order valence-electron chi connectivity index (χ3n) is 3.63. The van der Waals surface area contributed by atoms with Gasteiger partial charge in [-0.1, -0.05) is 0 Å². The fraction of sp³-hybridized carbons (Fsp3) is 0.846. The van der Waals surface area contributed by atoms with Crippen molar-refractivity contribution in [2.24, 2.45) is 5.92 Å². The highest BCUT2D eigenvalue weighted by molar-refractivity contribution is 5.82. The highest BCUT2D eigenvalue weighted by Gasteiger charge is 2.27. The van der Waals surface area contributed by atoms with Crippen LogP contribution in [0.2, 0.25) is 0 Å². The second kappa shape index (κ2) is 7.44. The molecule has 2 amide bonds. The lowest BCUT2D eigenvalue weighted by atomic mass is 10.1. The number of nitrogens with zero attached hydrogens (tertiary/aromatic N) is 1. The number of carbonyl (C=O) groups excluding carboxylic acids is 1. The lowest BCUT2D eigenvalue weighted by molar-refractivity contribution is -0.141. The average Bonchev–Trinajstić information content (AvgIpc) is 2.81. The van der Waals surface area contributed by atoms with Gasteiger partial charge in [-0.25, -0.2) is 9.59 Å². The minimum Gasteiger partial charge on any atom is -0.480 e. The van der Waals surface area contributed by atoms with Crippen LogP contribution in [-0.2, 0) is 4.79 Å². The number of aliphatic hydroxyl groups is 1. The van der Waals surface area contributed by atoms with Crippen LogP contribution >= 0.6 is 0 Å². The zero-order valence-corrected chi connectivity index (χ0v) is 12.3. The quantitative estimate of drug-likeness (QED) is 0.544. The summed E-state index contributed by atoms with van der Waals surface area (Å²) in [6.07, 6.45) is -0.113. The van der Waals surface area contributed by atoms with Gasteiger partial charge in [0.1, 0.15) is 0 Å². The first-order chi connectivity index (χ1) is 9.31. The molecule has 7 nitrogen and oxygen atoms in total. The zero-order valence-electron chi connectivity index (χ0n) is 12.3. The van der Waals surface area contributed by atoms with Crippen molar-refractivity contribution in [1.82, 2.24) is 15.5 Å². The van der Waals surface area contributed by atoms with E-state index in [4.69, 9.17) is 5.11 Å². The fourth-order valence-corrected chi connectivity index (χ4v) is 2.32. The summed E-state index contributed by atoms with van der Waals surface area (Å²) in [7, 11) is 0. The predicted octanol–water partition coefficient (Wildman–Crippen LogP) is -0.150. The Labute approximate surface area is 119 Å². The van der Waals surface area contributed by atoms with Gasteiger partial charge in [-0.3, -0.25) is 0 Å². The van der Waals surface area contributed by atoms with Crippen molar-refractivity contribution < 1.29 is 19.8 Å². The summed E-state index contributed by atoms with van der Waals surface area (Å²) in [5.74, 6) is -0.861. The number of amides is 2. The van der Waals surface area contributed by atoms with E-state index in [2.05, 4.69) is 29.4 Å². The van der Waals surface area contributed by atoms with Crippen molar-refractivity contribution in [3.05, 3.63) is 0 Å². The number of hydrogen-bond acceptors (Lipinski definition) is 4. The molecule has 20 heavy (non-hydrogen) atoms. The van der Waals surface area contributed by atoms with Gasteiger partial charge in [0.05, 0.1) is 6.10 Å². The maximum absolute atomic E-state index is 11.6. The summed E-state index contributed by atoms with van der Waals surface area (Å²) in [6, 6.07) is -1.34. The average molecular weight is 287 g/mol. The molecule has 1 heterocycles. The number of likely N-dealkylation sites (tertiary alicyclic amines) is 1. The van der Waals surface area contributed by atoms with Gasteiger partial charge in [-0.15, -0.1) is 0 Å². The normalized spacial score (nSPS) is 22.6. The minimum atomic E-state index is -1.29. The van der Waals surface area contributed by atoms with Crippen LogP contribution < -0.4 is 10.6 Å². The van der Waals surface area contributed by atoms with E-state index < -0.39 is 24.1 Å². The molecule has 1 saturated heterocycles. The first kappa shape index (κ1) is 16.7. The third-order valence-corrected chi connectivity index (χ3v) is 3.63. The molecule has 1 aliphatic rings. The van der Waals surface area contributed by atoms with Crippen molar-refractivity contribution in [3.8, 4) is 0 Å². The molecule has 0 aromatic carbocycles. The van der Waals surface area contributed by atoms with E-state index in [1.807, 2.05) is 0 Å². The van der Waals surface area contributed by atoms with Crippen LogP contribution in [0.5, 0.6) is 0 Å². The van der Waals surface area contributed by atoms with Gasteiger partial charge < -0.3 is 25.7 Å². The van der Waals surface area contributed by atoms with Crippen molar-refractivity contribution >= 4 is 12.0 Å². The van der Waals surface area contributed by atoms with Crippen LogP contribution in [0.1, 0.15) is 27.2 Å². The molecular weight excluding hydrogens is 262 g/mol. The van der Waals surface area contributed by atoms with E-state index in [1.54, 1.807) is 0 Å². The van der Waals surface area contributed by atoms with Gasteiger partial charge in [-0.2, -0.15) is 0 Å². The Balaban J connectivity index is 2.32. The summed E-state index contributed by atoms with van der Waals surface area (Å²) in [5.41, 5.74) is 0. The topological polar surface area (TPSA) is 102 Å². The number of rotatable bonds is 6. The SMILES string of the molecule is CC(C)N1CCC(CNC(=O)N[C@H](C(=O)O)[C@@H](C)O)C1. The molecule has 1 rings (SSSR count). The molecule has 0 bridgehead atoms. The number of aliphatic hydroxyl groups excluding tert-OH is 1. The molecule has 1 aliphatic heterocycles. The molecule has 0 saturated carbocycles. The predicted molar refractivity (Wildman–Crippen MR) is 74.5 cm³/mol. The van der Waals surface area contributed by atoms with Crippen LogP contribution in [0.15, 0.2) is 0 Å². The summed E-state index contributed by atoms with van der Waals surface area (Å²) in [5, 5.41) is 23.1. The van der Waals surface area contributed by atoms with Crippen molar-refractivity contribution in [3.63, 3.8) is 0 Å². The van der Waals surface area contributed by atoms with Crippen LogP contribution in [0.3, 0.4) is 0 Å². The Morgan fingerprint density at radius 1 is 1.35 bits per heavy atom. The Morgan fingerprint density at radius 2 is 2.00 bits per heavy atom. The van der Waals surface area contributed by atoms with E-state index in [9.17, 15) is 14.7 Å². The number of carboxylic acids is 1. The van der Waals surface area contributed by atoms with Gasteiger partial charge in [0, 0.05) is 19.1 Å². The summed E-state index contributed by atoms with van der Waals surface area (Å²) >= 11 is 0. The number of carbonyl (C=O) groups is 2. The molecule has 0 radical (unpaired) electrons. The monoisotopic (exact) mass is 287 g/mol. The molecule has 1 fully saturated rings. The van der Waals surface area contributed by atoms with E-state index in [1.165, 1.54) is 6.92 Å². The second-order valence-corrected chi connectivity index (χ2v) is 5.65. The molecule has 0 aromatic heterocycles. The highest BCUT2D eigenvalue weighted by Crippen LogP contribution is 2.17. The number of carboxylic acid groups (broad SMARTS) is 1. The second-order valence-electron chi connectivity index (χ2n) is 5.65. The molecule has 3 atom stereocenters. The number of aliphatic carboxylic acids is 1. The van der Waals surface area contributed by atoms with Gasteiger partial charge in [0.2, 0.25) is 0 Å². The summed E-state index contributed by atoms with van der Waals surface area (Å²) in [4.78, 5) is 24.8. The number of urea groups is 1. The molecular formula is C13H25N3O4. The van der Waals surface area contributed by atoms with Crippen LogP contribution in [0.4, 0.5) is 4.79 Å². The van der Waals surface area contributed by atoms with Gasteiger partial charge >= 0.3 is 12.0 Å². The molecule has 0 spiro atoms. The first-order valence-corrected chi connectivity index (χ1v) is 7.00. The maximum Gasteiger partial charge on any atom is 0.328 e. The molecule has 0 aliphatic carbocycles. The molecule has 116 valence electrons. The lowest BCUT2D eigenvalue weighted by Gasteiger charge is -2.21. The number of nitrogens with one attached hydrogen (secondary N) is 2. The lowest BCUT2D eigenvalue weighted by Crippen LogP contribution is -2.51. The van der Waals surface area contributed by atoms with Crippen LogP contribution in [0.25, 0.3) is 0 Å². The molecule has 1 unspecified atom stereocenters. The minimum absolute atomic E-state index is 0.387. The Kier molecular flexibility index (Phi) is 6.22. The largest absolute Gasteiger partial charge is 0.480 e. The molecule has 0 aromatic rings. The van der Waals surface area contributed by atoms with Crippen molar-refractivity contribution in [2.45, 2.75) is 45.4 Å². The van der Waals surface area contributed by atoms with E-state index >= 15 is 0 Å². The smallest absolute Gasteiger partial charge is 0.328 e. The standard InChI is InChI=1S/C13H25N3O4/c1-8(2)16-5-4-10(7-16)6-14-13(20)15-11(9(3)17)12(18)19/h8-11,17H,4-7H2,1-3H3,(H,18,19)(H2,14,15,20)/t9-,10?,11+/m1/s1. The van der Waals surface area contributed by atoms with Crippen LogP contribution in [0, 0.1) is 5.92 Å². The van der Waals surface area contributed by atoms with E-state index in [0.29, 0.717) is 18.5 Å². The van der Waals surface area contributed by atoms with E-state index in [0.717, 1.165) is 19.5 Å². The number of hydrogen-bond donors (Lipinski definition) is 4. The maximum atomic E-state index is 11.6. The van der Waals surface area contributed by atoms with Crippen LogP contribution in [-0.4, -0.2) is 64.9 Å². The third kappa shape index (κ3) is 4.97. The van der Waals surface area contributed by atoms with E-state index in [-0.39, 0.29) is 0 Å². The van der Waals surface area contributed by atoms with Gasteiger partial charge in [0.25, 0.3) is 0 Å². The van der Waals surface area contributed by atoms with Crippen molar-refractivity contribution in [2.75, 3.05) is 19.6 Å². The molecule has 4 N–H and O–H groups in total. The van der Waals surface area contributed by atoms with Crippen molar-refractivity contribution in [1.29, 1.82) is 0 Å². The highest BCUT2D eigenvalue weighted by atomic mass is 16.4. The first-order valence-electron chi connectivity index (χ1n) is 7.00.